The zero-order chi connectivity index (χ0) is 15.5. The Morgan fingerprint density at radius 2 is 1.90 bits per heavy atom. The van der Waals surface area contributed by atoms with Crippen molar-refractivity contribution in [2.24, 2.45) is 11.7 Å². The topological polar surface area (TPSA) is 35.2 Å². The van der Waals surface area contributed by atoms with E-state index in [2.05, 4.69) is 0 Å². The molecule has 0 amide bonds. The average molecular weight is 309 g/mol. The summed E-state index contributed by atoms with van der Waals surface area (Å²) >= 11 is 1.71. The lowest BCUT2D eigenvalue weighted by atomic mass is 10.2. The molecule has 0 unspecified atom stereocenters. The summed E-state index contributed by atoms with van der Waals surface area (Å²) in [4.78, 5) is 0. The molecular weight excluding hydrogens is 285 g/mol. The van der Waals surface area contributed by atoms with Crippen molar-refractivity contribution in [3.05, 3.63) is 52.5 Å². The number of hydrogen-bond donors (Lipinski definition) is 1. The van der Waals surface area contributed by atoms with E-state index in [1.54, 1.807) is 23.5 Å². The van der Waals surface area contributed by atoms with Crippen LogP contribution in [-0.4, -0.2) is 6.61 Å². The van der Waals surface area contributed by atoms with Crippen molar-refractivity contribution in [1.29, 1.82) is 0 Å². The number of nitrogens with two attached hydrogens (primary N) is 1. The van der Waals surface area contributed by atoms with E-state index >= 15 is 0 Å². The minimum atomic E-state index is -0.303. The summed E-state index contributed by atoms with van der Waals surface area (Å²) in [5.41, 5.74) is 6.36. The zero-order valence-corrected chi connectivity index (χ0v) is 13.5. The summed E-state index contributed by atoms with van der Waals surface area (Å²) in [6.45, 7) is 5.05. The van der Waals surface area contributed by atoms with E-state index in [0.717, 1.165) is 5.56 Å². The molecule has 21 heavy (non-hydrogen) atoms. The van der Waals surface area contributed by atoms with Gasteiger partial charge in [-0.3, -0.25) is 0 Å². The standard InChI is InChI=1S/C11H14FNO.C4H4S.C2H6/c12-10-4-3-9(6-13)5-11(10)14-7-8-1-2-8;1-2-4-5-3-1;1-2/h3-5,8H,1-2,6-7,13H2;1-4H;1-2H3. The van der Waals surface area contributed by atoms with E-state index in [9.17, 15) is 4.39 Å². The lowest BCUT2D eigenvalue weighted by Gasteiger charge is -2.07. The fourth-order valence-corrected chi connectivity index (χ4v) is 1.96. The van der Waals surface area contributed by atoms with Gasteiger partial charge in [0, 0.05) is 6.54 Å². The molecule has 1 aliphatic carbocycles. The van der Waals surface area contributed by atoms with Crippen LogP contribution in [0.2, 0.25) is 0 Å². The third-order valence-electron chi connectivity index (χ3n) is 2.83. The van der Waals surface area contributed by atoms with Crippen molar-refractivity contribution >= 4 is 11.3 Å². The molecule has 0 aliphatic heterocycles. The van der Waals surface area contributed by atoms with E-state index in [4.69, 9.17) is 10.5 Å². The number of thiophene rings is 1. The molecular formula is C17H24FNOS. The second-order valence-electron chi connectivity index (χ2n) is 4.52. The van der Waals surface area contributed by atoms with Crippen LogP contribution in [-0.2, 0) is 6.54 Å². The van der Waals surface area contributed by atoms with Gasteiger partial charge in [-0.1, -0.05) is 32.0 Å². The lowest BCUT2D eigenvalue weighted by Crippen LogP contribution is -2.03. The first-order chi connectivity index (χ1) is 10.3. The van der Waals surface area contributed by atoms with Crippen molar-refractivity contribution in [2.75, 3.05) is 6.61 Å². The van der Waals surface area contributed by atoms with Gasteiger partial charge in [-0.25, -0.2) is 4.39 Å². The Morgan fingerprint density at radius 3 is 2.38 bits per heavy atom. The van der Waals surface area contributed by atoms with Gasteiger partial charge in [-0.15, -0.1) is 0 Å². The Kier molecular flexibility index (Phi) is 8.71. The summed E-state index contributed by atoms with van der Waals surface area (Å²) in [5.74, 6) is 0.665. The predicted octanol–water partition coefficient (Wildman–Crippen LogP) is 4.85. The molecule has 0 radical (unpaired) electrons. The van der Waals surface area contributed by atoms with Crippen LogP contribution in [0.3, 0.4) is 0 Å². The fourth-order valence-electron chi connectivity index (χ4n) is 1.50. The van der Waals surface area contributed by atoms with E-state index in [-0.39, 0.29) is 5.82 Å². The molecule has 1 aromatic heterocycles. The molecule has 1 heterocycles. The summed E-state index contributed by atoms with van der Waals surface area (Å²) in [5, 5.41) is 4.08. The van der Waals surface area contributed by atoms with Crippen LogP contribution in [0.5, 0.6) is 5.75 Å². The zero-order valence-electron chi connectivity index (χ0n) is 12.7. The predicted molar refractivity (Wildman–Crippen MR) is 88.2 cm³/mol. The quantitative estimate of drug-likeness (QED) is 0.876. The van der Waals surface area contributed by atoms with Gasteiger partial charge >= 0.3 is 0 Å². The Balaban J connectivity index is 0.000000263. The molecule has 0 atom stereocenters. The molecule has 2 aromatic rings. The third-order valence-corrected chi connectivity index (χ3v) is 3.46. The van der Waals surface area contributed by atoms with Crippen molar-refractivity contribution in [1.82, 2.24) is 0 Å². The highest BCUT2D eigenvalue weighted by Crippen LogP contribution is 2.30. The first-order valence-corrected chi connectivity index (χ1v) is 8.32. The van der Waals surface area contributed by atoms with Crippen molar-refractivity contribution in [2.45, 2.75) is 33.2 Å². The smallest absolute Gasteiger partial charge is 0.165 e. The highest BCUT2D eigenvalue weighted by atomic mass is 32.1. The Hall–Kier alpha value is -1.39. The molecule has 1 aliphatic rings. The van der Waals surface area contributed by atoms with Gasteiger partial charge in [-0.05, 0) is 47.2 Å². The number of hydrogen-bond acceptors (Lipinski definition) is 3. The number of rotatable bonds is 4. The molecule has 1 fully saturated rings. The fraction of sp³-hybridized carbons (Fsp3) is 0.412. The molecule has 4 heteroatoms. The molecule has 2 N–H and O–H groups in total. The van der Waals surface area contributed by atoms with Gasteiger partial charge in [0.05, 0.1) is 6.61 Å². The first-order valence-electron chi connectivity index (χ1n) is 7.38. The van der Waals surface area contributed by atoms with Crippen LogP contribution >= 0.6 is 11.3 Å². The molecule has 3 rings (SSSR count). The van der Waals surface area contributed by atoms with Gasteiger partial charge in [0.25, 0.3) is 0 Å². The summed E-state index contributed by atoms with van der Waals surface area (Å²) in [6, 6.07) is 8.80. The summed E-state index contributed by atoms with van der Waals surface area (Å²) in [6.07, 6.45) is 2.41. The maximum absolute atomic E-state index is 13.2. The maximum atomic E-state index is 13.2. The minimum absolute atomic E-state index is 0.303. The van der Waals surface area contributed by atoms with E-state index in [0.29, 0.717) is 24.8 Å². The molecule has 0 bridgehead atoms. The van der Waals surface area contributed by atoms with E-state index in [1.807, 2.05) is 36.7 Å². The largest absolute Gasteiger partial charge is 0.490 e. The SMILES string of the molecule is CC.NCc1ccc(F)c(OCC2CC2)c1.c1ccsc1. The second kappa shape index (κ2) is 10.4. The number of halogens is 1. The second-order valence-corrected chi connectivity index (χ2v) is 5.33. The van der Waals surface area contributed by atoms with Crippen LogP contribution in [0.1, 0.15) is 32.3 Å². The van der Waals surface area contributed by atoms with Gasteiger partial charge in [-0.2, -0.15) is 11.3 Å². The summed E-state index contributed by atoms with van der Waals surface area (Å²) in [7, 11) is 0. The van der Waals surface area contributed by atoms with Crippen LogP contribution in [0.15, 0.2) is 41.1 Å². The highest BCUT2D eigenvalue weighted by Gasteiger charge is 2.22. The third kappa shape index (κ3) is 7.25. The van der Waals surface area contributed by atoms with Gasteiger partial charge in [0.15, 0.2) is 11.6 Å². The Labute approximate surface area is 130 Å². The highest BCUT2D eigenvalue weighted by molar-refractivity contribution is 7.07. The van der Waals surface area contributed by atoms with Crippen molar-refractivity contribution in [3.63, 3.8) is 0 Å². The average Bonchev–Trinajstić information content (AvgIpc) is 3.16. The van der Waals surface area contributed by atoms with Gasteiger partial charge in [0.2, 0.25) is 0 Å². The summed E-state index contributed by atoms with van der Waals surface area (Å²) < 4.78 is 18.6. The number of ether oxygens (including phenoxy) is 1. The van der Waals surface area contributed by atoms with Crippen LogP contribution in [0, 0.1) is 11.7 Å². The molecule has 116 valence electrons. The van der Waals surface area contributed by atoms with Crippen molar-refractivity contribution in [3.8, 4) is 5.75 Å². The van der Waals surface area contributed by atoms with E-state index < -0.39 is 0 Å². The molecule has 0 saturated heterocycles. The first kappa shape index (κ1) is 17.7. The maximum Gasteiger partial charge on any atom is 0.165 e. The van der Waals surface area contributed by atoms with Crippen LogP contribution in [0.4, 0.5) is 4.39 Å². The van der Waals surface area contributed by atoms with Crippen LogP contribution < -0.4 is 10.5 Å². The normalized spacial score (nSPS) is 12.6. The lowest BCUT2D eigenvalue weighted by molar-refractivity contribution is 0.285. The Bertz CT molecular complexity index is 466. The number of benzene rings is 1. The van der Waals surface area contributed by atoms with Gasteiger partial charge in [0.1, 0.15) is 0 Å². The van der Waals surface area contributed by atoms with E-state index in [1.165, 1.54) is 18.9 Å². The molecule has 0 spiro atoms. The van der Waals surface area contributed by atoms with Crippen molar-refractivity contribution < 1.29 is 9.13 Å². The minimum Gasteiger partial charge on any atom is -0.490 e. The van der Waals surface area contributed by atoms with Gasteiger partial charge < -0.3 is 10.5 Å². The monoisotopic (exact) mass is 309 g/mol. The Morgan fingerprint density at radius 1 is 1.24 bits per heavy atom. The molecule has 1 saturated carbocycles. The van der Waals surface area contributed by atoms with Crippen LogP contribution in [0.25, 0.3) is 0 Å². The molecule has 1 aromatic carbocycles. The molecule has 2 nitrogen and oxygen atoms in total.